The zero-order chi connectivity index (χ0) is 17.7. The smallest absolute Gasteiger partial charge is 0.270 e. The number of non-ortho nitro benzene ring substituents is 1. The van der Waals surface area contributed by atoms with Crippen LogP contribution in [0.5, 0.6) is 0 Å². The van der Waals surface area contributed by atoms with Gasteiger partial charge in [0.2, 0.25) is 10.0 Å². The lowest BCUT2D eigenvalue weighted by molar-refractivity contribution is -0.385. The van der Waals surface area contributed by atoms with Crippen molar-refractivity contribution in [1.29, 1.82) is 0 Å². The second kappa shape index (κ2) is 7.84. The molecule has 0 amide bonds. The third-order valence-corrected chi connectivity index (χ3v) is 6.20. The van der Waals surface area contributed by atoms with Crippen molar-refractivity contribution in [3.63, 3.8) is 0 Å². The van der Waals surface area contributed by atoms with Crippen molar-refractivity contribution in [3.8, 4) is 0 Å². The molecule has 0 spiro atoms. The molecule has 24 heavy (non-hydrogen) atoms. The number of rotatable bonds is 8. The maximum atomic E-state index is 13.0. The molecule has 0 saturated carbocycles. The van der Waals surface area contributed by atoms with Gasteiger partial charge in [-0.25, -0.2) is 8.42 Å². The van der Waals surface area contributed by atoms with Crippen LogP contribution in [0.1, 0.15) is 11.1 Å². The summed E-state index contributed by atoms with van der Waals surface area (Å²) in [5, 5.41) is 14.7. The average molecular weight is 370 g/mol. The molecule has 0 aliphatic rings. The van der Waals surface area contributed by atoms with Crippen molar-refractivity contribution in [2.45, 2.75) is 18.4 Å². The van der Waals surface area contributed by atoms with Crippen molar-refractivity contribution in [3.05, 3.63) is 56.3 Å². The highest BCUT2D eigenvalue weighted by molar-refractivity contribution is 7.89. The third-order valence-electron chi connectivity index (χ3n) is 3.48. The lowest BCUT2D eigenvalue weighted by atomic mass is 10.2. The normalized spacial score (nSPS) is 11.8. The van der Waals surface area contributed by atoms with Gasteiger partial charge in [-0.15, -0.1) is 0 Å². The second-order valence-corrected chi connectivity index (χ2v) is 7.86. The number of nitro groups is 1. The molecule has 130 valence electrons. The minimum Gasteiger partial charge on any atom is -0.383 e. The molecular formula is C15H18N2O5S2. The molecule has 1 aromatic carbocycles. The summed E-state index contributed by atoms with van der Waals surface area (Å²) in [6.45, 7) is 2.21. The molecule has 0 unspecified atom stereocenters. The van der Waals surface area contributed by atoms with E-state index in [4.69, 9.17) is 4.74 Å². The number of nitrogens with zero attached hydrogens (tertiary/aromatic N) is 2. The Morgan fingerprint density at radius 3 is 2.67 bits per heavy atom. The number of hydrogen-bond donors (Lipinski definition) is 0. The van der Waals surface area contributed by atoms with Gasteiger partial charge in [-0.05, 0) is 34.9 Å². The summed E-state index contributed by atoms with van der Waals surface area (Å²) >= 11 is 1.48. The molecule has 9 heteroatoms. The van der Waals surface area contributed by atoms with E-state index in [1.54, 1.807) is 6.92 Å². The van der Waals surface area contributed by atoms with Gasteiger partial charge in [-0.2, -0.15) is 15.6 Å². The quantitative estimate of drug-likeness (QED) is 0.526. The van der Waals surface area contributed by atoms with Crippen molar-refractivity contribution in [2.75, 3.05) is 20.3 Å². The minimum absolute atomic E-state index is 0.0527. The molecule has 0 saturated heterocycles. The lowest BCUT2D eigenvalue weighted by Gasteiger charge is -2.22. The Kier molecular flexibility index (Phi) is 6.05. The summed E-state index contributed by atoms with van der Waals surface area (Å²) in [5.41, 5.74) is 1.08. The van der Waals surface area contributed by atoms with Gasteiger partial charge in [0.1, 0.15) is 0 Å². The van der Waals surface area contributed by atoms with E-state index in [0.29, 0.717) is 5.56 Å². The molecule has 0 atom stereocenters. The van der Waals surface area contributed by atoms with Crippen LogP contribution < -0.4 is 0 Å². The van der Waals surface area contributed by atoms with Gasteiger partial charge < -0.3 is 4.74 Å². The predicted molar refractivity (Wildman–Crippen MR) is 91.6 cm³/mol. The third kappa shape index (κ3) is 4.18. The SMILES string of the molecule is COCCN(Cc1ccsc1)S(=O)(=O)c1cc([N+](=O)[O-])ccc1C. The topological polar surface area (TPSA) is 89.8 Å². The zero-order valence-electron chi connectivity index (χ0n) is 13.3. The standard InChI is InChI=1S/C15H18N2O5S2/c1-12-3-4-14(17(18)19)9-15(12)24(20,21)16(6-7-22-2)10-13-5-8-23-11-13/h3-5,8-9,11H,6-7,10H2,1-2H3. The van der Waals surface area contributed by atoms with Crippen LogP contribution in [-0.4, -0.2) is 37.9 Å². The largest absolute Gasteiger partial charge is 0.383 e. The van der Waals surface area contributed by atoms with Gasteiger partial charge in [0, 0.05) is 32.3 Å². The van der Waals surface area contributed by atoms with Gasteiger partial charge >= 0.3 is 0 Å². The molecule has 0 aliphatic carbocycles. The maximum Gasteiger partial charge on any atom is 0.270 e. The fourth-order valence-corrected chi connectivity index (χ4v) is 4.50. The summed E-state index contributed by atoms with van der Waals surface area (Å²) in [5.74, 6) is 0. The zero-order valence-corrected chi connectivity index (χ0v) is 15.0. The Bertz CT molecular complexity index is 803. The van der Waals surface area contributed by atoms with Gasteiger partial charge in [0.25, 0.3) is 5.69 Å². The monoisotopic (exact) mass is 370 g/mol. The second-order valence-electron chi connectivity index (χ2n) is 5.17. The molecular weight excluding hydrogens is 352 g/mol. The summed E-state index contributed by atoms with van der Waals surface area (Å²) in [7, 11) is -2.39. The number of hydrogen-bond acceptors (Lipinski definition) is 6. The Morgan fingerprint density at radius 2 is 2.08 bits per heavy atom. The van der Waals surface area contributed by atoms with Crippen LogP contribution in [0.15, 0.2) is 39.9 Å². The Hall–Kier alpha value is -1.81. The first-order chi connectivity index (χ1) is 11.4. The molecule has 2 rings (SSSR count). The Labute approximate surface area is 144 Å². The highest BCUT2D eigenvalue weighted by atomic mass is 32.2. The lowest BCUT2D eigenvalue weighted by Crippen LogP contribution is -2.33. The molecule has 0 bridgehead atoms. The van der Waals surface area contributed by atoms with E-state index in [2.05, 4.69) is 0 Å². The van der Waals surface area contributed by atoms with E-state index >= 15 is 0 Å². The summed E-state index contributed by atoms with van der Waals surface area (Å²) in [4.78, 5) is 10.3. The maximum absolute atomic E-state index is 13.0. The fourth-order valence-electron chi connectivity index (χ4n) is 2.18. The first kappa shape index (κ1) is 18.5. The van der Waals surface area contributed by atoms with Gasteiger partial charge in [-0.1, -0.05) is 6.07 Å². The molecule has 1 heterocycles. The van der Waals surface area contributed by atoms with Crippen LogP contribution in [0.2, 0.25) is 0 Å². The summed E-state index contributed by atoms with van der Waals surface area (Å²) in [6, 6.07) is 5.70. The van der Waals surface area contributed by atoms with Crippen LogP contribution >= 0.6 is 11.3 Å². The number of benzene rings is 1. The van der Waals surface area contributed by atoms with E-state index in [9.17, 15) is 18.5 Å². The number of methoxy groups -OCH3 is 1. The highest BCUT2D eigenvalue weighted by Crippen LogP contribution is 2.26. The van der Waals surface area contributed by atoms with Gasteiger partial charge in [0.05, 0.1) is 16.4 Å². The number of aryl methyl sites for hydroxylation is 1. The van der Waals surface area contributed by atoms with Gasteiger partial charge in [-0.3, -0.25) is 10.1 Å². The number of ether oxygens (including phenoxy) is 1. The number of nitro benzene ring substituents is 1. The van der Waals surface area contributed by atoms with Crippen LogP contribution in [0, 0.1) is 17.0 Å². The van der Waals surface area contributed by atoms with E-state index < -0.39 is 14.9 Å². The molecule has 2 aromatic rings. The predicted octanol–water partition coefficient (Wildman–Crippen LogP) is 2.80. The van der Waals surface area contributed by atoms with E-state index in [-0.39, 0.29) is 30.3 Å². The highest BCUT2D eigenvalue weighted by Gasteiger charge is 2.28. The van der Waals surface area contributed by atoms with Crippen molar-refractivity contribution >= 4 is 27.0 Å². The number of sulfonamides is 1. The molecule has 7 nitrogen and oxygen atoms in total. The van der Waals surface area contributed by atoms with Gasteiger partial charge in [0.15, 0.2) is 0 Å². The first-order valence-electron chi connectivity index (χ1n) is 7.11. The Balaban J connectivity index is 2.43. The van der Waals surface area contributed by atoms with E-state index in [0.717, 1.165) is 11.6 Å². The Morgan fingerprint density at radius 1 is 1.33 bits per heavy atom. The minimum atomic E-state index is -3.88. The summed E-state index contributed by atoms with van der Waals surface area (Å²) in [6.07, 6.45) is 0. The molecule has 0 aliphatic heterocycles. The fraction of sp³-hybridized carbons (Fsp3) is 0.333. The van der Waals surface area contributed by atoms with Crippen molar-refractivity contribution in [2.24, 2.45) is 0 Å². The number of thiophene rings is 1. The van der Waals surface area contributed by atoms with E-state index in [1.165, 1.54) is 34.9 Å². The molecule has 1 aromatic heterocycles. The molecule has 0 radical (unpaired) electrons. The van der Waals surface area contributed by atoms with Crippen LogP contribution in [0.4, 0.5) is 5.69 Å². The van der Waals surface area contributed by atoms with Crippen LogP contribution in [0.3, 0.4) is 0 Å². The summed E-state index contributed by atoms with van der Waals surface area (Å²) < 4.78 is 32.3. The van der Waals surface area contributed by atoms with Crippen LogP contribution in [0.25, 0.3) is 0 Å². The van der Waals surface area contributed by atoms with Crippen LogP contribution in [-0.2, 0) is 21.3 Å². The molecule has 0 fully saturated rings. The van der Waals surface area contributed by atoms with Crippen molar-refractivity contribution in [1.82, 2.24) is 4.31 Å². The van der Waals surface area contributed by atoms with Crippen molar-refractivity contribution < 1.29 is 18.1 Å². The first-order valence-corrected chi connectivity index (χ1v) is 9.49. The van der Waals surface area contributed by atoms with E-state index in [1.807, 2.05) is 16.8 Å². The average Bonchev–Trinajstić information content (AvgIpc) is 3.04. The molecule has 0 N–H and O–H groups in total.